The second kappa shape index (κ2) is 4.58. The van der Waals surface area contributed by atoms with Gasteiger partial charge in [-0.25, -0.2) is 0 Å². The van der Waals surface area contributed by atoms with Crippen molar-refractivity contribution in [3.63, 3.8) is 0 Å². The number of fused-ring (bicyclic) bond motifs is 1. The molecule has 0 fully saturated rings. The number of benzene rings is 1. The Hall–Kier alpha value is -1.02. The molecule has 1 aromatic carbocycles. The summed E-state index contributed by atoms with van der Waals surface area (Å²) in [4.78, 5) is 0. The molecule has 2 rings (SSSR count). The Balaban J connectivity index is 2.52. The summed E-state index contributed by atoms with van der Waals surface area (Å²) in [6, 6.07) is 7.68. The van der Waals surface area contributed by atoms with Crippen LogP contribution in [-0.2, 0) is 10.0 Å². The van der Waals surface area contributed by atoms with Gasteiger partial charge in [-0.2, -0.15) is 5.26 Å². The fourth-order valence-electron chi connectivity index (χ4n) is 2.15. The van der Waals surface area contributed by atoms with E-state index in [2.05, 4.69) is 25.7 Å². The van der Waals surface area contributed by atoms with Gasteiger partial charge in [0, 0.05) is 17.0 Å². The van der Waals surface area contributed by atoms with Gasteiger partial charge in [-0.1, -0.05) is 11.6 Å². The third-order valence-electron chi connectivity index (χ3n) is 2.75. The van der Waals surface area contributed by atoms with Crippen LogP contribution in [0.25, 0.3) is 0 Å². The minimum Gasteiger partial charge on any atom is -0.493 e. The molecule has 0 N–H and O–H groups in total. The molecule has 1 aromatic rings. The van der Waals surface area contributed by atoms with Crippen LogP contribution in [0, 0.1) is 11.3 Å². The lowest BCUT2D eigenvalue weighted by Gasteiger charge is -2.37. The first-order valence-electron chi connectivity index (χ1n) is 5.91. The molecular formula is C13H16ClNO2Si. The lowest BCUT2D eigenvalue weighted by molar-refractivity contribution is 0.0664. The summed E-state index contributed by atoms with van der Waals surface area (Å²) < 4.78 is 11.7. The molecule has 0 saturated carbocycles. The number of hydrogen-bond acceptors (Lipinski definition) is 3. The van der Waals surface area contributed by atoms with E-state index in [4.69, 9.17) is 20.8 Å². The SMILES string of the molecule is C[Si](C)(C)OC1(C#N)CCOc2ccc(Cl)cc21. The Morgan fingerprint density at radius 2 is 2.17 bits per heavy atom. The van der Waals surface area contributed by atoms with Gasteiger partial charge >= 0.3 is 0 Å². The van der Waals surface area contributed by atoms with E-state index in [0.717, 1.165) is 5.56 Å². The molecule has 1 heterocycles. The van der Waals surface area contributed by atoms with Crippen molar-refractivity contribution in [2.45, 2.75) is 31.7 Å². The van der Waals surface area contributed by atoms with E-state index in [1.54, 1.807) is 18.2 Å². The summed E-state index contributed by atoms with van der Waals surface area (Å²) in [5.41, 5.74) is -0.158. The van der Waals surface area contributed by atoms with E-state index in [1.807, 2.05) is 0 Å². The maximum atomic E-state index is 9.59. The van der Waals surface area contributed by atoms with Crippen molar-refractivity contribution in [3.8, 4) is 11.8 Å². The van der Waals surface area contributed by atoms with E-state index < -0.39 is 13.9 Å². The maximum absolute atomic E-state index is 9.59. The first-order chi connectivity index (χ1) is 8.36. The van der Waals surface area contributed by atoms with Gasteiger partial charge in [0.2, 0.25) is 0 Å². The molecule has 5 heteroatoms. The standard InChI is InChI=1S/C13H16ClNO2Si/c1-18(2,3)17-13(9-15)6-7-16-12-5-4-10(14)8-11(12)13/h4-5,8H,6-7H2,1-3H3. The van der Waals surface area contributed by atoms with Crippen LogP contribution in [0.2, 0.25) is 24.7 Å². The zero-order valence-electron chi connectivity index (χ0n) is 10.8. The van der Waals surface area contributed by atoms with Crippen molar-refractivity contribution < 1.29 is 9.16 Å². The van der Waals surface area contributed by atoms with Crippen molar-refractivity contribution in [2.75, 3.05) is 6.61 Å². The monoisotopic (exact) mass is 281 g/mol. The van der Waals surface area contributed by atoms with E-state index in [0.29, 0.717) is 23.8 Å². The molecule has 1 aliphatic rings. The summed E-state index contributed by atoms with van der Waals surface area (Å²) in [5.74, 6) is 0.699. The van der Waals surface area contributed by atoms with Crippen LogP contribution < -0.4 is 4.74 Å². The molecule has 0 spiro atoms. The molecule has 0 saturated heterocycles. The molecule has 96 valence electrons. The van der Waals surface area contributed by atoms with E-state index >= 15 is 0 Å². The first-order valence-corrected chi connectivity index (χ1v) is 9.69. The van der Waals surface area contributed by atoms with Gasteiger partial charge in [-0.15, -0.1) is 0 Å². The average Bonchev–Trinajstić information content (AvgIpc) is 2.28. The summed E-state index contributed by atoms with van der Waals surface area (Å²) in [6.07, 6.45) is 0.543. The average molecular weight is 282 g/mol. The van der Waals surface area contributed by atoms with Gasteiger partial charge < -0.3 is 9.16 Å². The smallest absolute Gasteiger partial charge is 0.186 e. The molecule has 0 bridgehead atoms. The highest BCUT2D eigenvalue weighted by Crippen LogP contribution is 2.42. The Bertz CT molecular complexity index is 507. The Morgan fingerprint density at radius 1 is 1.44 bits per heavy atom. The van der Waals surface area contributed by atoms with Gasteiger partial charge in [0.25, 0.3) is 0 Å². The molecule has 0 radical (unpaired) electrons. The molecule has 1 unspecified atom stereocenters. The summed E-state index contributed by atoms with van der Waals surface area (Å²) in [5, 5.41) is 10.2. The van der Waals surface area contributed by atoms with Gasteiger partial charge in [-0.05, 0) is 37.8 Å². The normalized spacial score (nSPS) is 22.8. The summed E-state index contributed by atoms with van der Waals surface area (Å²) in [7, 11) is -1.84. The molecular weight excluding hydrogens is 266 g/mol. The van der Waals surface area contributed by atoms with Crippen LogP contribution in [-0.4, -0.2) is 14.9 Å². The number of nitriles is 1. The topological polar surface area (TPSA) is 42.2 Å². The van der Waals surface area contributed by atoms with E-state index in [1.165, 1.54) is 0 Å². The minimum absolute atomic E-state index is 0.493. The predicted molar refractivity (Wildman–Crippen MR) is 73.3 cm³/mol. The number of rotatable bonds is 2. The maximum Gasteiger partial charge on any atom is 0.186 e. The fourth-order valence-corrected chi connectivity index (χ4v) is 3.63. The molecule has 0 aromatic heterocycles. The van der Waals surface area contributed by atoms with Crippen LogP contribution in [0.4, 0.5) is 0 Å². The Labute approximate surface area is 113 Å². The summed E-state index contributed by atoms with van der Waals surface area (Å²) >= 11 is 6.02. The van der Waals surface area contributed by atoms with Crippen LogP contribution >= 0.6 is 11.6 Å². The van der Waals surface area contributed by atoms with Gasteiger partial charge in [-0.3, -0.25) is 0 Å². The van der Waals surface area contributed by atoms with Gasteiger partial charge in [0.05, 0.1) is 6.61 Å². The van der Waals surface area contributed by atoms with Crippen molar-refractivity contribution in [2.24, 2.45) is 0 Å². The van der Waals surface area contributed by atoms with Crippen molar-refractivity contribution in [1.29, 1.82) is 5.26 Å². The van der Waals surface area contributed by atoms with Gasteiger partial charge in [0.15, 0.2) is 13.9 Å². The molecule has 1 aliphatic heterocycles. The highest BCUT2D eigenvalue weighted by molar-refractivity contribution is 6.69. The highest BCUT2D eigenvalue weighted by Gasteiger charge is 2.42. The fraction of sp³-hybridized carbons (Fsp3) is 0.462. The van der Waals surface area contributed by atoms with Gasteiger partial charge in [0.1, 0.15) is 11.8 Å². The minimum atomic E-state index is -1.84. The molecule has 0 aliphatic carbocycles. The molecule has 18 heavy (non-hydrogen) atoms. The Morgan fingerprint density at radius 3 is 2.78 bits per heavy atom. The van der Waals surface area contributed by atoms with Crippen molar-refractivity contribution in [3.05, 3.63) is 28.8 Å². The Kier molecular flexibility index (Phi) is 3.41. The third kappa shape index (κ3) is 2.53. The zero-order chi connectivity index (χ0) is 13.4. The lowest BCUT2D eigenvalue weighted by atomic mass is 9.90. The third-order valence-corrected chi connectivity index (χ3v) is 3.95. The van der Waals surface area contributed by atoms with E-state index in [9.17, 15) is 5.26 Å². The molecule has 3 nitrogen and oxygen atoms in total. The van der Waals surface area contributed by atoms with Crippen LogP contribution in [0.15, 0.2) is 18.2 Å². The van der Waals surface area contributed by atoms with Crippen molar-refractivity contribution in [1.82, 2.24) is 0 Å². The highest BCUT2D eigenvalue weighted by atomic mass is 35.5. The number of ether oxygens (including phenoxy) is 1. The number of hydrogen-bond donors (Lipinski definition) is 0. The first kappa shape index (κ1) is 13.4. The molecule has 1 atom stereocenters. The van der Waals surface area contributed by atoms with E-state index in [-0.39, 0.29) is 0 Å². The van der Waals surface area contributed by atoms with Crippen molar-refractivity contribution >= 4 is 19.9 Å². The number of halogens is 1. The van der Waals surface area contributed by atoms with Crippen LogP contribution in [0.3, 0.4) is 0 Å². The predicted octanol–water partition coefficient (Wildman–Crippen LogP) is 3.69. The summed E-state index contributed by atoms with van der Waals surface area (Å²) in [6.45, 7) is 6.72. The second-order valence-electron chi connectivity index (χ2n) is 5.39. The molecule has 0 amide bonds. The second-order valence-corrected chi connectivity index (χ2v) is 10.3. The van der Waals surface area contributed by atoms with Crippen LogP contribution in [0.5, 0.6) is 5.75 Å². The number of nitrogens with zero attached hydrogens (tertiary/aromatic N) is 1. The largest absolute Gasteiger partial charge is 0.493 e. The van der Waals surface area contributed by atoms with Crippen LogP contribution in [0.1, 0.15) is 12.0 Å². The quantitative estimate of drug-likeness (QED) is 0.777. The zero-order valence-corrected chi connectivity index (χ0v) is 12.5. The lowest BCUT2D eigenvalue weighted by Crippen LogP contribution is -2.42.